The minimum atomic E-state index is -1.37. The largest absolute Gasteiger partial charge is 0.491 e. The van der Waals surface area contributed by atoms with Crippen molar-refractivity contribution in [3.8, 4) is 5.75 Å². The Hall–Kier alpha value is -2.66. The predicted molar refractivity (Wildman–Crippen MR) is 162 cm³/mol. The van der Waals surface area contributed by atoms with E-state index in [1.807, 2.05) is 55.3 Å². The lowest BCUT2D eigenvalue weighted by atomic mass is 9.78. The molecule has 9 nitrogen and oxygen atoms in total. The first-order valence-electron chi connectivity index (χ1n) is 14.8. The van der Waals surface area contributed by atoms with Crippen LogP contribution in [-0.4, -0.2) is 85.7 Å². The molecule has 4 rings (SSSR count). The molecular formula is C32H46N2O7S. The highest BCUT2D eigenvalue weighted by Crippen LogP contribution is 2.43. The molecule has 232 valence electrons. The van der Waals surface area contributed by atoms with Crippen LogP contribution in [0.2, 0.25) is 0 Å². The molecule has 0 unspecified atom stereocenters. The Balaban J connectivity index is 1.61. The molecule has 1 N–H and O–H groups in total. The molecule has 1 aromatic carbocycles. The maximum atomic E-state index is 14.5. The maximum Gasteiger partial charge on any atom is 0.410 e. The summed E-state index contributed by atoms with van der Waals surface area (Å²) in [6, 6.07) is 10.0. The Kier molecular flexibility index (Phi) is 10.9. The normalized spacial score (nSPS) is 20.8. The molecule has 2 amide bonds. The van der Waals surface area contributed by atoms with E-state index in [1.165, 1.54) is 11.3 Å². The van der Waals surface area contributed by atoms with Crippen molar-refractivity contribution in [2.75, 3.05) is 47.1 Å². The Morgan fingerprint density at radius 1 is 1.10 bits per heavy atom. The molecule has 1 aliphatic heterocycles. The Morgan fingerprint density at radius 3 is 2.48 bits per heavy atom. The summed E-state index contributed by atoms with van der Waals surface area (Å²) < 4.78 is 22.0. The van der Waals surface area contributed by atoms with E-state index in [4.69, 9.17) is 18.9 Å². The van der Waals surface area contributed by atoms with E-state index in [0.29, 0.717) is 32.9 Å². The number of likely N-dealkylation sites (tertiary alicyclic amines) is 1. The van der Waals surface area contributed by atoms with Gasteiger partial charge in [-0.1, -0.05) is 12.1 Å². The van der Waals surface area contributed by atoms with Gasteiger partial charge in [-0.2, -0.15) is 0 Å². The van der Waals surface area contributed by atoms with Crippen LogP contribution in [0.4, 0.5) is 4.79 Å². The van der Waals surface area contributed by atoms with E-state index in [0.717, 1.165) is 47.4 Å². The average Bonchev–Trinajstić information content (AvgIpc) is 3.62. The third-order valence-corrected chi connectivity index (χ3v) is 8.70. The van der Waals surface area contributed by atoms with Gasteiger partial charge in [0.15, 0.2) is 0 Å². The molecule has 0 bridgehead atoms. The third-order valence-electron chi connectivity index (χ3n) is 7.66. The number of aryl methyl sites for hydroxylation is 1. The zero-order valence-electron chi connectivity index (χ0n) is 25.6. The van der Waals surface area contributed by atoms with Crippen molar-refractivity contribution in [1.29, 1.82) is 0 Å². The molecule has 2 heterocycles. The minimum Gasteiger partial charge on any atom is -0.491 e. The van der Waals surface area contributed by atoms with Gasteiger partial charge in [0.05, 0.1) is 12.5 Å². The van der Waals surface area contributed by atoms with Crippen LogP contribution in [-0.2, 0) is 37.6 Å². The topological polar surface area (TPSA) is 97.8 Å². The Bertz CT molecular complexity index is 1150. The number of ether oxygens (including phenoxy) is 4. The van der Waals surface area contributed by atoms with Gasteiger partial charge in [0, 0.05) is 51.4 Å². The number of methoxy groups -OCH3 is 2. The van der Waals surface area contributed by atoms with Gasteiger partial charge in [0.1, 0.15) is 23.6 Å². The summed E-state index contributed by atoms with van der Waals surface area (Å²) in [6.45, 7) is 7.84. The molecule has 1 aromatic heterocycles. The van der Waals surface area contributed by atoms with E-state index in [2.05, 4.69) is 6.07 Å². The quantitative estimate of drug-likeness (QED) is 0.323. The average molecular weight is 603 g/mol. The highest BCUT2D eigenvalue weighted by molar-refractivity contribution is 7.10. The van der Waals surface area contributed by atoms with E-state index in [-0.39, 0.29) is 24.9 Å². The van der Waals surface area contributed by atoms with E-state index < -0.39 is 23.2 Å². The van der Waals surface area contributed by atoms with Gasteiger partial charge >= 0.3 is 6.09 Å². The second-order valence-electron chi connectivity index (χ2n) is 12.3. The molecular weight excluding hydrogens is 556 g/mol. The van der Waals surface area contributed by atoms with Crippen molar-refractivity contribution in [2.45, 2.75) is 76.7 Å². The molecule has 0 radical (unpaired) electrons. The van der Waals surface area contributed by atoms with Crippen LogP contribution in [0.25, 0.3) is 0 Å². The number of carbonyl (C=O) groups excluding carboxylic acids is 2. The Labute approximate surface area is 253 Å². The monoisotopic (exact) mass is 602 g/mol. The SMILES string of the molecule is COCCCc1cc(CN(C(=O)[C@H]2CN(C(=O)OC(C)(C)C)CC[C@]2(O)c2cccs2)C2CC2)cc(OCCOC)c1. The molecule has 0 spiro atoms. The number of rotatable bonds is 13. The summed E-state index contributed by atoms with van der Waals surface area (Å²) in [5.41, 5.74) is 0.0593. The van der Waals surface area contributed by atoms with Crippen LogP contribution in [0.15, 0.2) is 35.7 Å². The van der Waals surface area contributed by atoms with Crippen LogP contribution in [0.5, 0.6) is 5.75 Å². The fourth-order valence-corrected chi connectivity index (χ4v) is 6.33. The van der Waals surface area contributed by atoms with E-state index in [1.54, 1.807) is 19.1 Å². The minimum absolute atomic E-state index is 0.0911. The first kappa shape index (κ1) is 32.3. The standard InChI is InChI=1S/C32H46N2O7S/c1-31(2,3)41-30(36)33-13-12-32(37,28-9-7-17-42-28)27(22-33)29(35)34(25-10-11-25)21-24-18-23(8-6-14-38-4)19-26(20-24)40-16-15-39-5/h7,9,17-20,25,27,37H,6,8,10-16,21-22H2,1-5H3/t27-,32-/m1/s1. The number of thiophene rings is 1. The zero-order valence-corrected chi connectivity index (χ0v) is 26.4. The number of carbonyl (C=O) groups is 2. The number of hydrogen-bond acceptors (Lipinski definition) is 8. The summed E-state index contributed by atoms with van der Waals surface area (Å²) in [6.07, 6.45) is 3.32. The van der Waals surface area contributed by atoms with Gasteiger partial charge in [-0.05, 0) is 87.6 Å². The Morgan fingerprint density at radius 2 is 1.83 bits per heavy atom. The molecule has 2 atom stereocenters. The third kappa shape index (κ3) is 8.46. The lowest BCUT2D eigenvalue weighted by Gasteiger charge is -2.45. The molecule has 2 aliphatic rings. The molecule has 1 aliphatic carbocycles. The molecule has 1 saturated carbocycles. The smallest absolute Gasteiger partial charge is 0.410 e. The lowest BCUT2D eigenvalue weighted by molar-refractivity contribution is -0.154. The number of aliphatic hydroxyl groups is 1. The van der Waals surface area contributed by atoms with Crippen molar-refractivity contribution in [1.82, 2.24) is 9.80 Å². The van der Waals surface area contributed by atoms with Gasteiger partial charge in [-0.3, -0.25) is 4.79 Å². The fourth-order valence-electron chi connectivity index (χ4n) is 5.42. The van der Waals surface area contributed by atoms with Crippen LogP contribution in [0.1, 0.15) is 62.5 Å². The number of benzene rings is 1. The molecule has 1 saturated heterocycles. The first-order chi connectivity index (χ1) is 20.0. The number of hydrogen-bond donors (Lipinski definition) is 1. The molecule has 10 heteroatoms. The van der Waals surface area contributed by atoms with Gasteiger partial charge in [0.25, 0.3) is 0 Å². The number of nitrogens with zero attached hydrogens (tertiary/aromatic N) is 2. The molecule has 42 heavy (non-hydrogen) atoms. The van der Waals surface area contributed by atoms with Gasteiger partial charge in [-0.25, -0.2) is 4.79 Å². The fraction of sp³-hybridized carbons (Fsp3) is 0.625. The zero-order chi connectivity index (χ0) is 30.3. The van der Waals surface area contributed by atoms with Crippen molar-refractivity contribution in [2.24, 2.45) is 5.92 Å². The predicted octanol–water partition coefficient (Wildman–Crippen LogP) is 4.99. The lowest BCUT2D eigenvalue weighted by Crippen LogP contribution is -2.57. The van der Waals surface area contributed by atoms with E-state index >= 15 is 0 Å². The first-order valence-corrected chi connectivity index (χ1v) is 15.7. The molecule has 2 aromatic rings. The molecule has 2 fully saturated rings. The van der Waals surface area contributed by atoms with Crippen molar-refractivity contribution in [3.63, 3.8) is 0 Å². The van der Waals surface area contributed by atoms with Crippen LogP contribution >= 0.6 is 11.3 Å². The summed E-state index contributed by atoms with van der Waals surface area (Å²) in [4.78, 5) is 31.7. The second-order valence-corrected chi connectivity index (χ2v) is 13.2. The summed E-state index contributed by atoms with van der Waals surface area (Å²) >= 11 is 1.44. The highest BCUT2D eigenvalue weighted by Gasteiger charge is 2.51. The van der Waals surface area contributed by atoms with Gasteiger partial charge in [0.2, 0.25) is 5.91 Å². The van der Waals surface area contributed by atoms with Gasteiger partial charge in [-0.15, -0.1) is 11.3 Å². The highest BCUT2D eigenvalue weighted by atomic mass is 32.1. The summed E-state index contributed by atoms with van der Waals surface area (Å²) in [5, 5.41) is 14.0. The van der Waals surface area contributed by atoms with Crippen molar-refractivity contribution in [3.05, 3.63) is 51.7 Å². The maximum absolute atomic E-state index is 14.5. The number of piperidine rings is 1. The van der Waals surface area contributed by atoms with Crippen LogP contribution in [0.3, 0.4) is 0 Å². The van der Waals surface area contributed by atoms with E-state index in [9.17, 15) is 14.7 Å². The number of amides is 2. The van der Waals surface area contributed by atoms with Crippen LogP contribution < -0.4 is 4.74 Å². The summed E-state index contributed by atoms with van der Waals surface area (Å²) in [5.74, 6) is -0.224. The van der Waals surface area contributed by atoms with Crippen LogP contribution in [0, 0.1) is 5.92 Å². The second kappa shape index (κ2) is 14.2. The van der Waals surface area contributed by atoms with Crippen molar-refractivity contribution >= 4 is 23.3 Å². The van der Waals surface area contributed by atoms with Crippen molar-refractivity contribution < 1.29 is 33.6 Å². The van der Waals surface area contributed by atoms with Gasteiger partial charge < -0.3 is 33.9 Å². The summed E-state index contributed by atoms with van der Waals surface area (Å²) in [7, 11) is 3.34.